The van der Waals surface area contributed by atoms with E-state index in [2.05, 4.69) is 102 Å². The lowest BCUT2D eigenvalue weighted by molar-refractivity contribution is -0.155. The number of Topliss-reactive ketones (excluding diaryl/α,β-unsaturated/α-hetero) is 1. The van der Waals surface area contributed by atoms with Gasteiger partial charge in [0.2, 0.25) is 0 Å². The van der Waals surface area contributed by atoms with Gasteiger partial charge in [-0.3, -0.25) is 43.5 Å². The second-order valence-corrected chi connectivity index (χ2v) is 24.7. The number of hydrazone groups is 2. The van der Waals surface area contributed by atoms with Gasteiger partial charge in [0.15, 0.2) is 5.78 Å². The number of amides is 2. The van der Waals surface area contributed by atoms with Gasteiger partial charge in [0.25, 0.3) is 17.1 Å². The molecule has 19 nitrogen and oxygen atoms in total. The SMILES string of the molecule is CCOC(=O)C1(C(=O)c2ccccc2)CCN(Cc2ccccc2)CC1.CCOC(=O)C1CCN(Cc2ccccc2)CC1.N=N.O.O=C(Cl)c1ccccc1.O=C1NN=C(c2ccccc2)C12CCN(Cc1ccccc1)CC2.O=C1NN=C(c2ccccc2)C12CCNCC2.[HH].[HH]. The first-order valence-electron chi connectivity index (χ1n) is 33.2. The van der Waals surface area contributed by atoms with Crippen LogP contribution in [0.15, 0.2) is 223 Å². The van der Waals surface area contributed by atoms with Crippen LogP contribution in [-0.2, 0) is 48.3 Å². The van der Waals surface area contributed by atoms with E-state index in [0.29, 0.717) is 43.7 Å². The van der Waals surface area contributed by atoms with Crippen LogP contribution in [0, 0.1) is 33.2 Å². The Balaban J connectivity index is 0.000000227. The van der Waals surface area contributed by atoms with Crippen molar-refractivity contribution in [3.8, 4) is 0 Å². The van der Waals surface area contributed by atoms with Crippen LogP contribution in [0.5, 0.6) is 0 Å². The van der Waals surface area contributed by atoms with E-state index < -0.39 is 21.5 Å². The quantitative estimate of drug-likeness (QED) is 0.0211. The minimum atomic E-state index is -1.06. The van der Waals surface area contributed by atoms with Crippen molar-refractivity contribution in [3.63, 3.8) is 0 Å². The summed E-state index contributed by atoms with van der Waals surface area (Å²) in [5.74, 6) is -0.295. The van der Waals surface area contributed by atoms with Crippen molar-refractivity contribution in [1.29, 1.82) is 11.1 Å². The Morgan fingerprint density at radius 1 is 0.485 bits per heavy atom. The highest BCUT2D eigenvalue weighted by Crippen LogP contribution is 2.41. The van der Waals surface area contributed by atoms with Gasteiger partial charge in [-0.2, -0.15) is 10.2 Å². The predicted octanol–water partition coefficient (Wildman–Crippen LogP) is 12.2. The normalized spacial score (nSPS) is 17.5. The van der Waals surface area contributed by atoms with E-state index >= 15 is 0 Å². The summed E-state index contributed by atoms with van der Waals surface area (Å²) < 4.78 is 10.4. The summed E-state index contributed by atoms with van der Waals surface area (Å²) in [4.78, 5) is 79.7. The molecule has 7 N–H and O–H groups in total. The summed E-state index contributed by atoms with van der Waals surface area (Å²) in [6.45, 7) is 14.1. The first-order chi connectivity index (χ1) is 46.9. The molecule has 7 aromatic carbocycles. The van der Waals surface area contributed by atoms with Crippen LogP contribution in [0.25, 0.3) is 0 Å². The van der Waals surface area contributed by atoms with E-state index in [9.17, 15) is 28.8 Å². The molecule has 0 atom stereocenters. The number of nitrogens with zero attached hydrogens (tertiary/aromatic N) is 5. The third kappa shape index (κ3) is 20.4. The lowest BCUT2D eigenvalue weighted by Crippen LogP contribution is -2.49. The number of carbonyl (C=O) groups excluding carboxylic acids is 6. The van der Waals surface area contributed by atoms with Gasteiger partial charge in [-0.1, -0.05) is 212 Å². The summed E-state index contributed by atoms with van der Waals surface area (Å²) >= 11 is 5.16. The lowest BCUT2D eigenvalue weighted by Gasteiger charge is -2.38. The van der Waals surface area contributed by atoms with Crippen LogP contribution in [0.4, 0.5) is 0 Å². The van der Waals surface area contributed by atoms with Crippen LogP contribution >= 0.6 is 11.6 Å². The maximum Gasteiger partial charge on any atom is 0.320 e. The number of esters is 2. The van der Waals surface area contributed by atoms with Crippen molar-refractivity contribution in [3.05, 3.63) is 251 Å². The summed E-state index contributed by atoms with van der Waals surface area (Å²) in [7, 11) is 0. The maximum absolute atomic E-state index is 13.2. The molecule has 0 bridgehead atoms. The number of carbonyl (C=O) groups is 6. The lowest BCUT2D eigenvalue weighted by atomic mass is 9.72. The Morgan fingerprint density at radius 3 is 1.20 bits per heavy atom. The monoisotopic (exact) mass is 1340 g/mol. The molecule has 0 aliphatic carbocycles. The molecule has 20 heteroatoms. The fourth-order valence-electron chi connectivity index (χ4n) is 13.0. The minimum Gasteiger partial charge on any atom is -0.466 e. The molecule has 2 spiro atoms. The Bertz CT molecular complexity index is 3640. The predicted molar refractivity (Wildman–Crippen MR) is 382 cm³/mol. The number of hydrogen-bond acceptors (Lipinski definition) is 16. The molecule has 4 saturated heterocycles. The zero-order valence-electron chi connectivity index (χ0n) is 55.5. The molecule has 6 heterocycles. The van der Waals surface area contributed by atoms with Crippen molar-refractivity contribution in [2.45, 2.75) is 84.8 Å². The number of rotatable bonds is 15. The van der Waals surface area contributed by atoms with Crippen LogP contribution < -0.4 is 16.2 Å². The number of ether oxygens (including phenoxy) is 2. The Labute approximate surface area is 577 Å². The maximum atomic E-state index is 13.2. The van der Waals surface area contributed by atoms with Crippen LogP contribution in [0.3, 0.4) is 0 Å². The average molecular weight is 1340 g/mol. The largest absolute Gasteiger partial charge is 0.466 e. The number of benzene rings is 7. The Kier molecular flexibility index (Phi) is 29.8. The first kappa shape index (κ1) is 75.2. The van der Waals surface area contributed by atoms with Gasteiger partial charge in [0.05, 0.1) is 41.4 Å². The van der Waals surface area contributed by atoms with Crippen molar-refractivity contribution >= 4 is 57.8 Å². The Hall–Kier alpha value is -9.21. The molecule has 0 saturated carbocycles. The second-order valence-electron chi connectivity index (χ2n) is 24.4. The van der Waals surface area contributed by atoms with Crippen molar-refractivity contribution in [2.24, 2.45) is 32.4 Å². The molecule has 97 heavy (non-hydrogen) atoms. The molecule has 7 aromatic rings. The summed E-state index contributed by atoms with van der Waals surface area (Å²) in [6.07, 6.45) is 6.12. The molecule has 6 aliphatic rings. The first-order valence-corrected chi connectivity index (χ1v) is 33.6. The van der Waals surface area contributed by atoms with E-state index in [0.717, 1.165) is 120 Å². The molecule has 13 rings (SSSR count). The summed E-state index contributed by atoms with van der Waals surface area (Å²) in [6, 6.07) is 69.1. The standard InChI is InChI=1S/C22H25NO3.C20H21N3O.C15H21NO2.C13H15N3O.C7H5ClO.H2N2.H2O.2H2/c1-2-26-21(25)22(20(24)19-11-7-4-8-12-19)13-15-23(16-14-22)17-18-9-5-3-6-10-18;24-19-20(18(21-22-19)17-9-5-2-6-10-17)11-13-23(14-12-20)15-16-7-3-1-4-8-16;1-2-18-15(17)14-8-10-16(11-9-14)12-13-6-4-3-5-7-13;17-12-13(6-8-14-9-7-13)11(15-16-12)10-4-2-1-3-5-10;8-7(9)6-4-2-1-3-5-6;1-2;;;/h3-12H,2,13-17H2,1H3;1-10H,11-15H2,(H,22,24);3-7,14H,2,8-12H2,1H3;1-5,14H,6-9H2,(H,16,17);1-5H;1-2H;1H2;2*1H. The molecule has 0 unspecified atom stereocenters. The van der Waals surface area contributed by atoms with Gasteiger partial charge in [0.1, 0.15) is 5.41 Å². The third-order valence-electron chi connectivity index (χ3n) is 18.4. The molecular weight excluding hydrogens is 1240 g/mol. The minimum absolute atomic E-state index is 0. The summed E-state index contributed by atoms with van der Waals surface area (Å²) in [5.41, 5.74) is 22.4. The molecule has 0 aromatic heterocycles. The van der Waals surface area contributed by atoms with Gasteiger partial charge in [-0.05, 0) is 144 Å². The van der Waals surface area contributed by atoms with E-state index in [1.165, 1.54) is 16.7 Å². The van der Waals surface area contributed by atoms with Crippen LogP contribution in [-0.4, -0.2) is 132 Å². The molecule has 514 valence electrons. The third-order valence-corrected chi connectivity index (χ3v) is 18.6. The van der Waals surface area contributed by atoms with Crippen LogP contribution in [0.2, 0.25) is 0 Å². The number of nitrogens with one attached hydrogen (secondary N) is 5. The number of hydrogen-bond donors (Lipinski definition) is 5. The van der Waals surface area contributed by atoms with Crippen LogP contribution in [0.1, 0.15) is 117 Å². The van der Waals surface area contributed by atoms with Gasteiger partial charge < -0.3 is 20.3 Å². The molecule has 2 amide bonds. The number of likely N-dealkylation sites (tertiary alicyclic amines) is 3. The van der Waals surface area contributed by atoms with Crippen molar-refractivity contribution in [1.82, 2.24) is 30.9 Å². The zero-order chi connectivity index (χ0) is 68.0. The van der Waals surface area contributed by atoms with Crippen molar-refractivity contribution in [2.75, 3.05) is 65.6 Å². The fourth-order valence-corrected chi connectivity index (χ4v) is 13.2. The number of halogens is 1. The van der Waals surface area contributed by atoms with Gasteiger partial charge in [0, 0.05) is 46.7 Å². The fraction of sp³-hybridized carbons (Fsp3) is 0.351. The van der Waals surface area contributed by atoms with Gasteiger partial charge >= 0.3 is 11.9 Å². The summed E-state index contributed by atoms with van der Waals surface area (Å²) in [5, 5.41) is 11.5. The van der Waals surface area contributed by atoms with Crippen molar-refractivity contribution < 1.29 is 46.6 Å². The zero-order valence-corrected chi connectivity index (χ0v) is 56.3. The van der Waals surface area contributed by atoms with E-state index in [4.69, 9.17) is 32.1 Å². The van der Waals surface area contributed by atoms with Gasteiger partial charge in [-0.25, -0.2) is 21.9 Å². The van der Waals surface area contributed by atoms with E-state index in [1.54, 1.807) is 43.3 Å². The average Bonchev–Trinajstić information content (AvgIpc) is 1.67. The number of ketones is 1. The van der Waals surface area contributed by atoms with Gasteiger partial charge in [-0.15, -0.1) is 0 Å². The second kappa shape index (κ2) is 38.5. The van der Waals surface area contributed by atoms with E-state index in [-0.39, 0.29) is 50.4 Å². The molecule has 4 fully saturated rings. The Morgan fingerprint density at radius 2 is 0.825 bits per heavy atom. The topological polar surface area (TPSA) is 271 Å². The number of piperidine rings is 4. The highest BCUT2D eigenvalue weighted by molar-refractivity contribution is 6.67. The molecule has 0 radical (unpaired) electrons. The molecule has 6 aliphatic heterocycles. The molecular formula is C77H95ClN10O9. The smallest absolute Gasteiger partial charge is 0.320 e. The highest BCUT2D eigenvalue weighted by atomic mass is 35.5. The van der Waals surface area contributed by atoms with E-state index in [1.807, 2.05) is 122 Å². The highest BCUT2D eigenvalue weighted by Gasteiger charge is 2.51.